The highest BCUT2D eigenvalue weighted by molar-refractivity contribution is 6.73. The molecule has 0 N–H and O–H groups in total. The minimum Gasteiger partial charge on any atom is -0.417 e. The highest BCUT2D eigenvalue weighted by Crippen LogP contribution is 2.62. The Kier molecular flexibility index (Phi) is 8.06. The van der Waals surface area contributed by atoms with Gasteiger partial charge in [0.1, 0.15) is 0 Å². The third kappa shape index (κ3) is 5.00. The van der Waals surface area contributed by atoms with Gasteiger partial charge in [0.15, 0.2) is 8.32 Å². The number of allylic oxidation sites excluding steroid dienone is 4. The van der Waals surface area contributed by atoms with E-state index in [-0.39, 0.29) is 0 Å². The average molecular weight is 471 g/mol. The van der Waals surface area contributed by atoms with Crippen LogP contribution in [-0.4, -0.2) is 14.9 Å². The van der Waals surface area contributed by atoms with Crippen LogP contribution in [0, 0.1) is 34.5 Å². The van der Waals surface area contributed by atoms with Crippen LogP contribution in [0.5, 0.6) is 0 Å². The van der Waals surface area contributed by atoms with Gasteiger partial charge in [-0.3, -0.25) is 0 Å². The Morgan fingerprint density at radius 2 is 1.70 bits per heavy atom. The Morgan fingerprint density at radius 3 is 2.33 bits per heavy atom. The lowest BCUT2D eigenvalue weighted by atomic mass is 9.61. The molecule has 1 spiro atoms. The predicted octanol–water partition coefficient (Wildman–Crippen LogP) is 9.70. The standard InChI is InChI=1S/C31H54OSi/c1-7-27-22-25(17-19-31(27)20-21-31)13-14-26-12-11-18-30(6)28(15-16-29(26)30)24(5)23-32-33(8-2,9-3)10-4/h13-14,24,27-29H,7-12,15-23H2,1-6H3. The summed E-state index contributed by atoms with van der Waals surface area (Å²) in [7, 11) is -1.48. The molecule has 4 rings (SSSR count). The molecule has 0 bridgehead atoms. The third-order valence-electron chi connectivity index (χ3n) is 11.5. The fourth-order valence-electron chi connectivity index (χ4n) is 8.72. The normalized spacial score (nSPS) is 37.0. The Hall–Kier alpha value is -0.343. The summed E-state index contributed by atoms with van der Waals surface area (Å²) in [5, 5.41) is 0. The zero-order valence-corrected chi connectivity index (χ0v) is 24.0. The van der Waals surface area contributed by atoms with Crippen molar-refractivity contribution in [3.8, 4) is 0 Å². The molecule has 5 unspecified atom stereocenters. The molecule has 0 aromatic heterocycles. The van der Waals surface area contributed by atoms with Crippen molar-refractivity contribution in [1.29, 1.82) is 0 Å². The van der Waals surface area contributed by atoms with Crippen molar-refractivity contribution in [2.24, 2.45) is 34.5 Å². The Morgan fingerprint density at radius 1 is 0.970 bits per heavy atom. The number of rotatable bonds is 9. The van der Waals surface area contributed by atoms with Crippen molar-refractivity contribution in [3.63, 3.8) is 0 Å². The summed E-state index contributed by atoms with van der Waals surface area (Å²) in [6, 6.07) is 3.83. The van der Waals surface area contributed by atoms with Gasteiger partial charge in [-0.1, -0.05) is 71.3 Å². The van der Waals surface area contributed by atoms with Gasteiger partial charge >= 0.3 is 0 Å². The van der Waals surface area contributed by atoms with Gasteiger partial charge in [-0.15, -0.1) is 0 Å². The van der Waals surface area contributed by atoms with E-state index in [4.69, 9.17) is 4.43 Å². The maximum Gasteiger partial charge on any atom is 0.191 e. The van der Waals surface area contributed by atoms with Crippen molar-refractivity contribution in [2.45, 2.75) is 130 Å². The maximum atomic E-state index is 6.79. The lowest BCUT2D eigenvalue weighted by molar-refractivity contribution is 0.0721. The molecular weight excluding hydrogens is 416 g/mol. The summed E-state index contributed by atoms with van der Waals surface area (Å²) in [6.45, 7) is 15.7. The largest absolute Gasteiger partial charge is 0.417 e. The van der Waals surface area contributed by atoms with Gasteiger partial charge < -0.3 is 4.43 Å². The molecule has 0 aromatic rings. The SMILES string of the molecule is CCC1CC(=CC=C2CCCC3(C)C2CCC3C(C)CO[Si](CC)(CC)CC)CCC12CC2. The fraction of sp³-hybridized carbons (Fsp3) is 0.871. The van der Waals surface area contributed by atoms with E-state index in [9.17, 15) is 0 Å². The third-order valence-corrected chi connectivity index (χ3v) is 16.2. The summed E-state index contributed by atoms with van der Waals surface area (Å²) in [4.78, 5) is 0. The number of hydrogen-bond acceptors (Lipinski definition) is 1. The Balaban J connectivity index is 1.42. The van der Waals surface area contributed by atoms with Crippen LogP contribution in [0.1, 0.15) is 112 Å². The summed E-state index contributed by atoms with van der Waals surface area (Å²) in [5.74, 6) is 3.33. The van der Waals surface area contributed by atoms with E-state index in [2.05, 4.69) is 53.7 Å². The number of fused-ring (bicyclic) bond motifs is 1. The van der Waals surface area contributed by atoms with Crippen molar-refractivity contribution in [1.82, 2.24) is 0 Å². The van der Waals surface area contributed by atoms with Gasteiger partial charge in [0.05, 0.1) is 0 Å². The topological polar surface area (TPSA) is 9.23 Å². The highest BCUT2D eigenvalue weighted by atomic mass is 28.4. The second-order valence-electron chi connectivity index (χ2n) is 12.9. The molecule has 0 aromatic carbocycles. The minimum atomic E-state index is -1.48. The molecule has 0 saturated heterocycles. The van der Waals surface area contributed by atoms with Gasteiger partial charge in [0.25, 0.3) is 0 Å². The summed E-state index contributed by atoms with van der Waals surface area (Å²) < 4.78 is 6.79. The molecule has 0 radical (unpaired) electrons. The second kappa shape index (κ2) is 10.3. The van der Waals surface area contributed by atoms with Crippen molar-refractivity contribution >= 4 is 8.32 Å². The van der Waals surface area contributed by atoms with Gasteiger partial charge in [0, 0.05) is 6.61 Å². The second-order valence-corrected chi connectivity index (χ2v) is 17.6. The molecule has 4 aliphatic carbocycles. The van der Waals surface area contributed by atoms with Crippen LogP contribution in [0.15, 0.2) is 23.3 Å². The van der Waals surface area contributed by atoms with Gasteiger partial charge in [0.2, 0.25) is 0 Å². The first-order chi connectivity index (χ1) is 15.8. The van der Waals surface area contributed by atoms with Gasteiger partial charge in [-0.25, -0.2) is 0 Å². The molecule has 33 heavy (non-hydrogen) atoms. The zero-order chi connectivity index (χ0) is 23.7. The van der Waals surface area contributed by atoms with E-state index in [1.54, 1.807) is 11.1 Å². The van der Waals surface area contributed by atoms with Crippen LogP contribution < -0.4 is 0 Å². The average Bonchev–Trinajstić information content (AvgIpc) is 3.51. The quantitative estimate of drug-likeness (QED) is 0.305. The maximum absolute atomic E-state index is 6.79. The lowest BCUT2D eigenvalue weighted by Crippen LogP contribution is -2.41. The minimum absolute atomic E-state index is 0.497. The molecule has 4 fully saturated rings. The van der Waals surface area contributed by atoms with E-state index < -0.39 is 8.32 Å². The van der Waals surface area contributed by atoms with Crippen LogP contribution in [-0.2, 0) is 4.43 Å². The molecule has 0 aliphatic heterocycles. The Labute approximate surface area is 207 Å². The first kappa shape index (κ1) is 25.7. The lowest BCUT2D eigenvalue weighted by Gasteiger charge is -2.45. The predicted molar refractivity (Wildman–Crippen MR) is 146 cm³/mol. The number of hydrogen-bond donors (Lipinski definition) is 0. The molecule has 0 heterocycles. The van der Waals surface area contributed by atoms with E-state index in [1.807, 2.05) is 0 Å². The zero-order valence-electron chi connectivity index (χ0n) is 23.0. The van der Waals surface area contributed by atoms with E-state index in [0.29, 0.717) is 11.3 Å². The van der Waals surface area contributed by atoms with Gasteiger partial charge in [-0.05, 0) is 117 Å². The molecule has 188 valence electrons. The van der Waals surface area contributed by atoms with Crippen molar-refractivity contribution < 1.29 is 4.43 Å². The fourth-order valence-corrected chi connectivity index (χ4v) is 11.4. The van der Waals surface area contributed by atoms with Crippen molar-refractivity contribution in [2.75, 3.05) is 6.61 Å². The molecule has 2 heteroatoms. The van der Waals surface area contributed by atoms with E-state index >= 15 is 0 Å². The van der Waals surface area contributed by atoms with Crippen LogP contribution >= 0.6 is 0 Å². The molecule has 4 saturated carbocycles. The summed E-state index contributed by atoms with van der Waals surface area (Å²) >= 11 is 0. The molecule has 1 nitrogen and oxygen atoms in total. The van der Waals surface area contributed by atoms with Crippen LogP contribution in [0.3, 0.4) is 0 Å². The van der Waals surface area contributed by atoms with Crippen molar-refractivity contribution in [3.05, 3.63) is 23.3 Å². The van der Waals surface area contributed by atoms with E-state index in [0.717, 1.165) is 29.8 Å². The smallest absolute Gasteiger partial charge is 0.191 e. The van der Waals surface area contributed by atoms with Gasteiger partial charge in [-0.2, -0.15) is 0 Å². The monoisotopic (exact) mass is 470 g/mol. The highest BCUT2D eigenvalue weighted by Gasteiger charge is 2.51. The van der Waals surface area contributed by atoms with Crippen LogP contribution in [0.25, 0.3) is 0 Å². The van der Waals surface area contributed by atoms with Crippen LogP contribution in [0.4, 0.5) is 0 Å². The van der Waals surface area contributed by atoms with E-state index in [1.165, 1.54) is 88.8 Å². The Bertz CT molecular complexity index is 719. The molecule has 0 amide bonds. The first-order valence-corrected chi connectivity index (χ1v) is 17.4. The molecular formula is C31H54OSi. The molecule has 5 atom stereocenters. The molecule has 4 aliphatic rings. The van der Waals surface area contributed by atoms with Crippen LogP contribution in [0.2, 0.25) is 18.1 Å². The summed E-state index contributed by atoms with van der Waals surface area (Å²) in [5.41, 5.74) is 4.82. The summed E-state index contributed by atoms with van der Waals surface area (Å²) in [6.07, 6.45) is 20.9. The first-order valence-electron chi connectivity index (χ1n) is 14.9.